The minimum Gasteiger partial charge on any atom is -0.341 e. The third-order valence-corrected chi connectivity index (χ3v) is 4.43. The van der Waals surface area contributed by atoms with Gasteiger partial charge in [-0.1, -0.05) is 44.2 Å². The number of amides is 1. The summed E-state index contributed by atoms with van der Waals surface area (Å²) >= 11 is 0. The second kappa shape index (κ2) is 7.57. The van der Waals surface area contributed by atoms with Crippen molar-refractivity contribution in [3.8, 4) is 0 Å². The molecule has 0 spiro atoms. The fourth-order valence-corrected chi connectivity index (χ4v) is 3.03. The highest BCUT2D eigenvalue weighted by molar-refractivity contribution is 5.83. The van der Waals surface area contributed by atoms with E-state index < -0.39 is 6.04 Å². The predicted molar refractivity (Wildman–Crippen MR) is 85.8 cm³/mol. The number of carbonyl (C=O) groups excluding carboxylic acids is 1. The Morgan fingerprint density at radius 1 is 1.33 bits per heavy atom. The van der Waals surface area contributed by atoms with Crippen LogP contribution in [0.5, 0.6) is 0 Å². The molecule has 0 aliphatic carbocycles. The number of hydrogen-bond acceptors (Lipinski definition) is 3. The van der Waals surface area contributed by atoms with Gasteiger partial charge in [-0.25, -0.2) is 0 Å². The molecule has 2 atom stereocenters. The Labute approximate surface area is 127 Å². The van der Waals surface area contributed by atoms with Crippen LogP contribution in [0.2, 0.25) is 0 Å². The highest BCUT2D eigenvalue weighted by Gasteiger charge is 2.30. The van der Waals surface area contributed by atoms with Crippen molar-refractivity contribution < 1.29 is 4.79 Å². The molecule has 116 valence electrons. The maximum atomic E-state index is 12.5. The molecule has 1 aromatic rings. The van der Waals surface area contributed by atoms with Crippen molar-refractivity contribution in [1.82, 2.24) is 9.80 Å². The first kappa shape index (κ1) is 16.0. The summed E-state index contributed by atoms with van der Waals surface area (Å²) in [6.45, 7) is 9.28. The second-order valence-electron chi connectivity index (χ2n) is 5.81. The lowest BCUT2D eigenvalue weighted by atomic mass is 10.1. The molecule has 1 amide bonds. The maximum Gasteiger partial charge on any atom is 0.244 e. The van der Waals surface area contributed by atoms with Crippen molar-refractivity contribution in [1.29, 1.82) is 0 Å². The van der Waals surface area contributed by atoms with Gasteiger partial charge < -0.3 is 15.5 Å². The lowest BCUT2D eigenvalue weighted by molar-refractivity contribution is -0.131. The molecule has 1 heterocycles. The fraction of sp³-hybridized carbons (Fsp3) is 0.588. The van der Waals surface area contributed by atoms with Crippen molar-refractivity contribution >= 4 is 5.91 Å². The molecular formula is C17H27N3O. The molecular weight excluding hydrogens is 262 g/mol. The molecule has 1 fully saturated rings. The Bertz CT molecular complexity index is 445. The number of hydrogen-bond donors (Lipinski definition) is 1. The summed E-state index contributed by atoms with van der Waals surface area (Å²) < 4.78 is 0. The number of rotatable bonds is 6. The molecule has 4 heteroatoms. The Kier molecular flexibility index (Phi) is 5.76. The summed E-state index contributed by atoms with van der Waals surface area (Å²) in [4.78, 5) is 16.9. The largest absolute Gasteiger partial charge is 0.341 e. The first-order valence-corrected chi connectivity index (χ1v) is 7.97. The third-order valence-electron chi connectivity index (χ3n) is 4.43. The standard InChI is InChI=1S/C17H27N3O/c1-3-19(4-2)12-14-10-11-20(13-14)17(21)16(18)15-8-6-5-7-9-15/h5-9,14,16H,3-4,10-13,18H2,1-2H3. The molecule has 0 radical (unpaired) electrons. The third kappa shape index (κ3) is 4.05. The van der Waals surface area contributed by atoms with Crippen LogP contribution in [0.4, 0.5) is 0 Å². The normalized spacial score (nSPS) is 20.0. The van der Waals surface area contributed by atoms with Gasteiger partial charge in [0, 0.05) is 19.6 Å². The molecule has 0 aromatic heterocycles. The Morgan fingerprint density at radius 3 is 2.62 bits per heavy atom. The molecule has 4 nitrogen and oxygen atoms in total. The fourth-order valence-electron chi connectivity index (χ4n) is 3.03. The summed E-state index contributed by atoms with van der Waals surface area (Å²) in [5, 5.41) is 0. The van der Waals surface area contributed by atoms with Crippen LogP contribution in [0.1, 0.15) is 31.9 Å². The zero-order valence-electron chi connectivity index (χ0n) is 13.2. The quantitative estimate of drug-likeness (QED) is 0.870. The number of benzene rings is 1. The molecule has 1 aliphatic heterocycles. The van der Waals surface area contributed by atoms with E-state index in [0.717, 1.165) is 44.7 Å². The molecule has 1 saturated heterocycles. The van der Waals surface area contributed by atoms with E-state index in [9.17, 15) is 4.79 Å². The van der Waals surface area contributed by atoms with E-state index in [4.69, 9.17) is 5.73 Å². The maximum absolute atomic E-state index is 12.5. The van der Waals surface area contributed by atoms with Gasteiger partial charge in [0.05, 0.1) is 0 Å². The lowest BCUT2D eigenvalue weighted by Crippen LogP contribution is -2.38. The summed E-state index contributed by atoms with van der Waals surface area (Å²) in [5.74, 6) is 0.639. The van der Waals surface area contributed by atoms with Gasteiger partial charge in [0.15, 0.2) is 0 Å². The van der Waals surface area contributed by atoms with Crippen molar-refractivity contribution in [3.63, 3.8) is 0 Å². The monoisotopic (exact) mass is 289 g/mol. The van der Waals surface area contributed by atoms with Gasteiger partial charge in [-0.05, 0) is 31.0 Å². The molecule has 0 saturated carbocycles. The zero-order chi connectivity index (χ0) is 15.2. The highest BCUT2D eigenvalue weighted by atomic mass is 16.2. The van der Waals surface area contributed by atoms with Gasteiger partial charge in [0.25, 0.3) is 0 Å². The van der Waals surface area contributed by atoms with Crippen LogP contribution in [-0.2, 0) is 4.79 Å². The number of likely N-dealkylation sites (tertiary alicyclic amines) is 1. The van der Waals surface area contributed by atoms with Crippen molar-refractivity contribution in [2.24, 2.45) is 11.7 Å². The predicted octanol–water partition coefficient (Wildman–Crippen LogP) is 1.88. The first-order valence-electron chi connectivity index (χ1n) is 7.97. The summed E-state index contributed by atoms with van der Waals surface area (Å²) in [6.07, 6.45) is 1.09. The Morgan fingerprint density at radius 2 is 2.00 bits per heavy atom. The molecule has 0 bridgehead atoms. The van der Waals surface area contributed by atoms with Crippen molar-refractivity contribution in [3.05, 3.63) is 35.9 Å². The van der Waals surface area contributed by atoms with Gasteiger partial charge in [-0.2, -0.15) is 0 Å². The molecule has 21 heavy (non-hydrogen) atoms. The smallest absolute Gasteiger partial charge is 0.244 e. The summed E-state index contributed by atoms with van der Waals surface area (Å²) in [6, 6.07) is 9.11. The van der Waals surface area contributed by atoms with E-state index in [1.807, 2.05) is 35.2 Å². The van der Waals surface area contributed by atoms with E-state index in [1.165, 1.54) is 0 Å². The molecule has 2 N–H and O–H groups in total. The number of nitrogens with zero attached hydrogens (tertiary/aromatic N) is 2. The van der Waals surface area contributed by atoms with Gasteiger partial charge in [0.2, 0.25) is 5.91 Å². The van der Waals surface area contributed by atoms with Crippen LogP contribution in [0, 0.1) is 5.92 Å². The minimum atomic E-state index is -0.529. The van der Waals surface area contributed by atoms with Gasteiger partial charge >= 0.3 is 0 Å². The van der Waals surface area contributed by atoms with Crippen LogP contribution in [0.3, 0.4) is 0 Å². The van der Waals surface area contributed by atoms with Crippen LogP contribution in [0.25, 0.3) is 0 Å². The minimum absolute atomic E-state index is 0.0586. The average molecular weight is 289 g/mol. The van der Waals surface area contributed by atoms with Crippen LogP contribution in [-0.4, -0.2) is 48.4 Å². The first-order chi connectivity index (χ1) is 10.2. The molecule has 1 aromatic carbocycles. The van der Waals surface area contributed by atoms with Crippen molar-refractivity contribution in [2.45, 2.75) is 26.3 Å². The molecule has 2 rings (SSSR count). The van der Waals surface area contributed by atoms with E-state index in [1.54, 1.807) is 0 Å². The topological polar surface area (TPSA) is 49.6 Å². The molecule has 1 aliphatic rings. The van der Waals surface area contributed by atoms with Gasteiger partial charge in [-0.15, -0.1) is 0 Å². The van der Waals surface area contributed by atoms with Crippen LogP contribution in [0.15, 0.2) is 30.3 Å². The lowest BCUT2D eigenvalue weighted by Gasteiger charge is -2.24. The Balaban J connectivity index is 1.90. The molecule has 2 unspecified atom stereocenters. The SMILES string of the molecule is CCN(CC)CC1CCN(C(=O)C(N)c2ccccc2)C1. The van der Waals surface area contributed by atoms with E-state index in [-0.39, 0.29) is 5.91 Å². The second-order valence-corrected chi connectivity index (χ2v) is 5.81. The number of nitrogens with two attached hydrogens (primary N) is 1. The van der Waals surface area contributed by atoms with Crippen LogP contribution >= 0.6 is 0 Å². The van der Waals surface area contributed by atoms with E-state index >= 15 is 0 Å². The average Bonchev–Trinajstić information content (AvgIpc) is 3.00. The van der Waals surface area contributed by atoms with Crippen LogP contribution < -0.4 is 5.73 Å². The zero-order valence-corrected chi connectivity index (χ0v) is 13.2. The van der Waals surface area contributed by atoms with Gasteiger partial charge in [-0.3, -0.25) is 4.79 Å². The summed E-state index contributed by atoms with van der Waals surface area (Å²) in [5.41, 5.74) is 7.01. The van der Waals surface area contributed by atoms with Gasteiger partial charge in [0.1, 0.15) is 6.04 Å². The van der Waals surface area contributed by atoms with Crippen molar-refractivity contribution in [2.75, 3.05) is 32.7 Å². The van der Waals surface area contributed by atoms with E-state index in [0.29, 0.717) is 5.92 Å². The highest BCUT2D eigenvalue weighted by Crippen LogP contribution is 2.21. The Hall–Kier alpha value is -1.39. The van der Waals surface area contributed by atoms with E-state index in [2.05, 4.69) is 18.7 Å². The summed E-state index contributed by atoms with van der Waals surface area (Å²) in [7, 11) is 0. The number of carbonyl (C=O) groups is 1.